The second-order valence-electron chi connectivity index (χ2n) is 17.6. The summed E-state index contributed by atoms with van der Waals surface area (Å²) in [5.74, 6) is 0. The summed E-state index contributed by atoms with van der Waals surface area (Å²) < 4.78 is 2.65. The second kappa shape index (κ2) is 16.6. The Balaban J connectivity index is 1.19. The number of anilines is 9. The zero-order valence-corrected chi connectivity index (χ0v) is 39.0. The summed E-state index contributed by atoms with van der Waals surface area (Å²) in [6.07, 6.45) is 0. The van der Waals surface area contributed by atoms with Gasteiger partial charge in [0.1, 0.15) is 0 Å². The summed E-state index contributed by atoms with van der Waals surface area (Å²) in [6, 6.07) is 99.1. The lowest BCUT2D eigenvalue weighted by molar-refractivity contribution is 1.25. The lowest BCUT2D eigenvalue weighted by atomic mass is 9.36. The van der Waals surface area contributed by atoms with E-state index in [1.165, 1.54) is 69.3 Å². The molecule has 68 heavy (non-hydrogen) atoms. The van der Waals surface area contributed by atoms with Gasteiger partial charge in [-0.1, -0.05) is 188 Å². The molecule has 0 fully saturated rings. The van der Waals surface area contributed by atoms with Gasteiger partial charge in [0.2, 0.25) is 0 Å². The molecule has 3 nitrogen and oxygen atoms in total. The van der Waals surface area contributed by atoms with Crippen molar-refractivity contribution >= 4 is 124 Å². The first-order valence-electron chi connectivity index (χ1n) is 23.4. The molecule has 1 aromatic heterocycles. The average molecular weight is 902 g/mol. The maximum absolute atomic E-state index is 3.06. The highest BCUT2D eigenvalue weighted by Gasteiger charge is 2.49. The summed E-state index contributed by atoms with van der Waals surface area (Å²) >= 11 is 1.94. The Kier molecular flexibility index (Phi) is 9.81. The van der Waals surface area contributed by atoms with Gasteiger partial charge < -0.3 is 14.7 Å². The summed E-state index contributed by atoms with van der Waals surface area (Å²) in [6.45, 7) is -0.0337. The minimum absolute atomic E-state index is 0.0337. The van der Waals surface area contributed by atoms with Gasteiger partial charge in [0.25, 0.3) is 6.71 Å². The largest absolute Gasteiger partial charge is 0.311 e. The Morgan fingerprint density at radius 1 is 0.368 bits per heavy atom. The molecule has 0 radical (unpaired) electrons. The van der Waals surface area contributed by atoms with Crippen LogP contribution in [0.1, 0.15) is 0 Å². The molecule has 0 spiro atoms. The summed E-state index contributed by atoms with van der Waals surface area (Å²) in [5, 5.41) is 6.63. The van der Waals surface area contributed by atoms with Gasteiger partial charge in [0.05, 0.1) is 5.69 Å². The van der Waals surface area contributed by atoms with Gasteiger partial charge in [-0.3, -0.25) is 0 Å². The Hall–Kier alpha value is -8.16. The minimum atomic E-state index is -3.06. The third-order valence-electron chi connectivity index (χ3n) is 13.9. The number of hydrogen-bond acceptors (Lipinski definition) is 4. The molecule has 0 saturated carbocycles. The molecule has 0 saturated heterocycles. The SMILES string of the molecule is c1ccc(N(c2ccccc2)c2ccc3c(c2)N(c2ccccc2)c2cc([Si](c4ccccc4)(c4ccccc4)c4ccccc4)cc4c2B3c2sc3ccccc3c2N4c2ccccc2)cc1. The molecule has 6 heteroatoms. The first-order chi connectivity index (χ1) is 33.8. The number of thiophene rings is 1. The Labute approximate surface area is 403 Å². The highest BCUT2D eigenvalue weighted by Crippen LogP contribution is 2.48. The fourth-order valence-corrected chi connectivity index (χ4v) is 17.2. The number of fused-ring (bicyclic) bond motifs is 6. The summed E-state index contributed by atoms with van der Waals surface area (Å²) in [5.41, 5.74) is 13.1. The fraction of sp³-hybridized carbons (Fsp3) is 0. The van der Waals surface area contributed by atoms with Crippen LogP contribution in [0.15, 0.2) is 267 Å². The molecule has 2 aliphatic heterocycles. The predicted molar refractivity (Wildman–Crippen MR) is 294 cm³/mol. The molecule has 0 unspecified atom stereocenters. The number of rotatable bonds is 9. The van der Waals surface area contributed by atoms with Crippen LogP contribution in [-0.2, 0) is 0 Å². The van der Waals surface area contributed by atoms with Crippen molar-refractivity contribution in [2.24, 2.45) is 0 Å². The van der Waals surface area contributed by atoms with Crippen molar-refractivity contribution in [2.45, 2.75) is 0 Å². The van der Waals surface area contributed by atoms with E-state index >= 15 is 0 Å². The van der Waals surface area contributed by atoms with Gasteiger partial charge in [0.15, 0.2) is 8.07 Å². The normalized spacial score (nSPS) is 12.6. The van der Waals surface area contributed by atoms with E-state index < -0.39 is 8.07 Å². The smallest absolute Gasteiger partial charge is 0.264 e. The van der Waals surface area contributed by atoms with Crippen LogP contribution in [0.3, 0.4) is 0 Å². The lowest BCUT2D eigenvalue weighted by Crippen LogP contribution is -2.75. The third-order valence-corrected chi connectivity index (χ3v) is 19.9. The number of nitrogens with zero attached hydrogens (tertiary/aromatic N) is 3. The summed E-state index contributed by atoms with van der Waals surface area (Å²) in [7, 11) is -3.06. The van der Waals surface area contributed by atoms with E-state index in [-0.39, 0.29) is 6.71 Å². The van der Waals surface area contributed by atoms with Crippen molar-refractivity contribution in [1.29, 1.82) is 0 Å². The van der Waals surface area contributed by atoms with Crippen molar-refractivity contribution in [2.75, 3.05) is 14.7 Å². The second-order valence-corrected chi connectivity index (χ2v) is 22.5. The Bertz CT molecular complexity index is 3440. The van der Waals surface area contributed by atoms with Crippen LogP contribution in [0.25, 0.3) is 10.1 Å². The van der Waals surface area contributed by atoms with Crippen molar-refractivity contribution in [3.63, 3.8) is 0 Å². The third kappa shape index (κ3) is 6.33. The van der Waals surface area contributed by atoms with Gasteiger partial charge >= 0.3 is 0 Å². The van der Waals surface area contributed by atoms with E-state index in [4.69, 9.17) is 0 Å². The van der Waals surface area contributed by atoms with Crippen molar-refractivity contribution in [1.82, 2.24) is 0 Å². The van der Waals surface area contributed by atoms with Crippen LogP contribution in [0.2, 0.25) is 0 Å². The topological polar surface area (TPSA) is 9.72 Å². The van der Waals surface area contributed by atoms with E-state index in [2.05, 4.69) is 282 Å². The van der Waals surface area contributed by atoms with Crippen LogP contribution < -0.4 is 51.1 Å². The van der Waals surface area contributed by atoms with Gasteiger partial charge in [0, 0.05) is 60.4 Å². The maximum atomic E-state index is 2.60. The maximum Gasteiger partial charge on any atom is 0.264 e. The fourth-order valence-electron chi connectivity index (χ4n) is 11.1. The lowest BCUT2D eigenvalue weighted by Gasteiger charge is -2.45. The number of para-hydroxylation sites is 4. The molecule has 3 heterocycles. The molecule has 0 N–H and O–H groups in total. The zero-order chi connectivity index (χ0) is 45.0. The van der Waals surface area contributed by atoms with Crippen molar-refractivity contribution < 1.29 is 0 Å². The van der Waals surface area contributed by atoms with E-state index in [9.17, 15) is 0 Å². The predicted octanol–water partition coefficient (Wildman–Crippen LogP) is 11.8. The van der Waals surface area contributed by atoms with Crippen molar-refractivity contribution in [3.8, 4) is 0 Å². The monoisotopic (exact) mass is 901 g/mol. The first kappa shape index (κ1) is 40.1. The molecule has 13 rings (SSSR count). The molecule has 0 bridgehead atoms. The molecule has 2 aliphatic rings. The molecule has 0 amide bonds. The van der Waals surface area contributed by atoms with Crippen LogP contribution >= 0.6 is 11.3 Å². The van der Waals surface area contributed by atoms with Crippen LogP contribution in [-0.4, -0.2) is 14.8 Å². The highest BCUT2D eigenvalue weighted by molar-refractivity contribution is 7.33. The molecule has 0 atom stereocenters. The van der Waals surface area contributed by atoms with Gasteiger partial charge in [-0.25, -0.2) is 0 Å². The quantitative estimate of drug-likeness (QED) is 0.106. The van der Waals surface area contributed by atoms with Gasteiger partial charge in [-0.2, -0.15) is 0 Å². The Morgan fingerprint density at radius 3 is 1.34 bits per heavy atom. The van der Waals surface area contributed by atoms with Gasteiger partial charge in [-0.15, -0.1) is 11.3 Å². The van der Waals surface area contributed by atoms with E-state index in [0.717, 1.165) is 28.4 Å². The number of benzene rings is 10. The van der Waals surface area contributed by atoms with Crippen LogP contribution in [0.5, 0.6) is 0 Å². The first-order valence-corrected chi connectivity index (χ1v) is 26.2. The molecule has 320 valence electrons. The van der Waals surface area contributed by atoms with Crippen molar-refractivity contribution in [3.05, 3.63) is 267 Å². The van der Waals surface area contributed by atoms with Gasteiger partial charge in [-0.05, 0) is 111 Å². The highest BCUT2D eigenvalue weighted by atomic mass is 32.1. The summed E-state index contributed by atoms with van der Waals surface area (Å²) in [4.78, 5) is 7.57. The Morgan fingerprint density at radius 2 is 0.809 bits per heavy atom. The van der Waals surface area contributed by atoms with E-state index in [1.807, 2.05) is 11.3 Å². The van der Waals surface area contributed by atoms with E-state index in [1.54, 1.807) is 0 Å². The standard InChI is InChI=1S/C62H44BN3SSi/c1-8-24-45(25-9-1)64(46-26-10-2-11-27-46)49-40-41-55-56(42-49)65(47-28-12-3-13-29-47)57-43-53(68(50-32-16-5-17-33-50,51-34-18-6-19-35-51)52-36-20-7-21-37-52)44-58-60(57)63(55)62-61(54-38-22-23-39-59(54)67-62)66(58)48-30-14-4-15-31-48/h1-44H. The minimum Gasteiger partial charge on any atom is -0.311 e. The van der Waals surface area contributed by atoms with Crippen LogP contribution in [0.4, 0.5) is 51.2 Å². The zero-order valence-electron chi connectivity index (χ0n) is 37.2. The average Bonchev–Trinajstić information content (AvgIpc) is 3.80. The number of hydrogen-bond donors (Lipinski definition) is 0. The van der Waals surface area contributed by atoms with Crippen LogP contribution in [0, 0.1) is 0 Å². The molecule has 11 aromatic rings. The molecular weight excluding hydrogens is 858 g/mol. The molecule has 0 aliphatic carbocycles. The molecular formula is C62H44BN3SSi. The molecule has 10 aromatic carbocycles. The van der Waals surface area contributed by atoms with E-state index in [0.29, 0.717) is 0 Å².